The average Bonchev–Trinajstić information content (AvgIpc) is 3.18. The Balaban J connectivity index is 1.71. The third kappa shape index (κ3) is 2.48. The Morgan fingerprint density at radius 2 is 2.00 bits per heavy atom. The van der Waals surface area contributed by atoms with E-state index in [4.69, 9.17) is 11.6 Å². The van der Waals surface area contributed by atoms with Crippen molar-refractivity contribution in [3.8, 4) is 11.4 Å². The topological polar surface area (TPSA) is 49.0 Å². The number of thioether (sulfide) groups is 1. The van der Waals surface area contributed by atoms with Gasteiger partial charge >= 0.3 is 0 Å². The fourth-order valence-corrected chi connectivity index (χ4v) is 3.65. The molecule has 1 fully saturated rings. The van der Waals surface area contributed by atoms with Gasteiger partial charge in [-0.25, -0.2) is 9.37 Å². The first-order valence-corrected chi connectivity index (χ1v) is 8.49. The van der Waals surface area contributed by atoms with Gasteiger partial charge in [-0.1, -0.05) is 11.6 Å². The van der Waals surface area contributed by atoms with Crippen LogP contribution in [-0.4, -0.2) is 27.5 Å². The van der Waals surface area contributed by atoms with Crippen LogP contribution in [0, 0.1) is 5.82 Å². The summed E-state index contributed by atoms with van der Waals surface area (Å²) in [4.78, 5) is 21.0. The van der Waals surface area contributed by atoms with Crippen molar-refractivity contribution in [2.75, 3.05) is 16.5 Å². The molecule has 0 aliphatic carbocycles. The predicted molar refractivity (Wildman–Crippen MR) is 91.3 cm³/mol. The van der Waals surface area contributed by atoms with E-state index in [0.717, 1.165) is 11.3 Å². The predicted octanol–water partition coefficient (Wildman–Crippen LogP) is 4.06. The molecule has 1 N–H and O–H groups in total. The van der Waals surface area contributed by atoms with Crippen LogP contribution in [-0.2, 0) is 4.79 Å². The molecular weight excluding hydrogens is 337 g/mol. The summed E-state index contributed by atoms with van der Waals surface area (Å²) < 4.78 is 13.5. The molecular formula is C16H11ClFN3OS. The van der Waals surface area contributed by atoms with E-state index in [1.54, 1.807) is 22.7 Å². The van der Waals surface area contributed by atoms with E-state index in [1.807, 2.05) is 24.3 Å². The molecule has 0 bridgehead atoms. The first-order chi connectivity index (χ1) is 11.1. The normalized spacial score (nSPS) is 14.9. The van der Waals surface area contributed by atoms with Crippen molar-refractivity contribution in [3.05, 3.63) is 47.2 Å². The highest BCUT2D eigenvalue weighted by Gasteiger charge is 2.22. The second-order valence-electron chi connectivity index (χ2n) is 5.19. The molecule has 0 spiro atoms. The smallest absolute Gasteiger partial charge is 0.237 e. The first kappa shape index (κ1) is 14.5. The second-order valence-corrected chi connectivity index (χ2v) is 6.52. The number of fused-ring (bicyclic) bond motifs is 1. The van der Waals surface area contributed by atoms with Gasteiger partial charge < -0.3 is 9.88 Å². The quantitative estimate of drug-likeness (QED) is 0.760. The third-order valence-corrected chi connectivity index (χ3v) is 5.00. The molecule has 23 heavy (non-hydrogen) atoms. The van der Waals surface area contributed by atoms with Crippen molar-refractivity contribution >= 4 is 46.0 Å². The standard InChI is InChI=1S/C16H11ClFN3OS/c17-14-11(18)5-6-12-15(14)20-16(19-12)9-1-3-10(4-2-9)21-8-23-7-13(21)22/h1-6H,7-8H2,(H,19,20). The van der Waals surface area contributed by atoms with Gasteiger partial charge in [-0.15, -0.1) is 11.8 Å². The number of hydrogen-bond donors (Lipinski definition) is 1. The van der Waals surface area contributed by atoms with Gasteiger partial charge in [-0.05, 0) is 36.4 Å². The highest BCUT2D eigenvalue weighted by Crippen LogP contribution is 2.30. The van der Waals surface area contributed by atoms with Crippen LogP contribution in [0.3, 0.4) is 0 Å². The number of aromatic nitrogens is 2. The summed E-state index contributed by atoms with van der Waals surface area (Å²) >= 11 is 7.55. The lowest BCUT2D eigenvalue weighted by atomic mass is 10.2. The molecule has 0 radical (unpaired) electrons. The van der Waals surface area contributed by atoms with Crippen LogP contribution >= 0.6 is 23.4 Å². The Hall–Kier alpha value is -2.05. The molecule has 4 nitrogen and oxygen atoms in total. The summed E-state index contributed by atoms with van der Waals surface area (Å²) in [6, 6.07) is 10.5. The number of hydrogen-bond acceptors (Lipinski definition) is 3. The van der Waals surface area contributed by atoms with Crippen LogP contribution in [0.4, 0.5) is 10.1 Å². The van der Waals surface area contributed by atoms with Gasteiger partial charge in [0.25, 0.3) is 0 Å². The van der Waals surface area contributed by atoms with Gasteiger partial charge in [0.15, 0.2) is 0 Å². The van der Waals surface area contributed by atoms with E-state index < -0.39 is 5.82 Å². The van der Waals surface area contributed by atoms with E-state index in [9.17, 15) is 9.18 Å². The van der Waals surface area contributed by atoms with Crippen LogP contribution in [0.5, 0.6) is 0 Å². The number of H-pyrrole nitrogens is 1. The fourth-order valence-electron chi connectivity index (χ4n) is 2.55. The summed E-state index contributed by atoms with van der Waals surface area (Å²) in [6.07, 6.45) is 0. The summed E-state index contributed by atoms with van der Waals surface area (Å²) in [5.74, 6) is 1.44. The number of nitrogens with one attached hydrogen (secondary N) is 1. The molecule has 1 aliphatic rings. The van der Waals surface area contributed by atoms with Crippen LogP contribution in [0.15, 0.2) is 36.4 Å². The lowest BCUT2D eigenvalue weighted by Crippen LogP contribution is -2.24. The minimum absolute atomic E-state index is 0.0151. The molecule has 4 rings (SSSR count). The Bertz CT molecular complexity index is 910. The number of anilines is 1. The summed E-state index contributed by atoms with van der Waals surface area (Å²) in [5.41, 5.74) is 2.81. The molecule has 7 heteroatoms. The minimum Gasteiger partial charge on any atom is -0.338 e. The zero-order valence-corrected chi connectivity index (χ0v) is 13.4. The number of imidazole rings is 1. The van der Waals surface area contributed by atoms with Crippen molar-refractivity contribution in [2.24, 2.45) is 0 Å². The number of rotatable bonds is 2. The van der Waals surface area contributed by atoms with Gasteiger partial charge in [-0.3, -0.25) is 4.79 Å². The summed E-state index contributed by atoms with van der Waals surface area (Å²) in [7, 11) is 0. The SMILES string of the molecule is O=C1CSCN1c1ccc(-c2nc3c(Cl)c(F)ccc3[nH]2)cc1. The number of amides is 1. The largest absolute Gasteiger partial charge is 0.338 e. The number of benzene rings is 2. The van der Waals surface area contributed by atoms with Gasteiger partial charge in [0.05, 0.1) is 17.1 Å². The van der Waals surface area contributed by atoms with Gasteiger partial charge in [0.1, 0.15) is 22.2 Å². The summed E-state index contributed by atoms with van der Waals surface area (Å²) in [5, 5.41) is 0.0151. The minimum atomic E-state index is -0.488. The molecule has 116 valence electrons. The van der Waals surface area contributed by atoms with Crippen LogP contribution in [0.2, 0.25) is 5.02 Å². The molecule has 1 saturated heterocycles. The monoisotopic (exact) mass is 347 g/mol. The summed E-state index contributed by atoms with van der Waals surface area (Å²) in [6.45, 7) is 0. The Labute approximate surface area is 140 Å². The van der Waals surface area contributed by atoms with E-state index >= 15 is 0 Å². The van der Waals surface area contributed by atoms with Gasteiger partial charge in [0.2, 0.25) is 5.91 Å². The maximum absolute atomic E-state index is 13.5. The lowest BCUT2D eigenvalue weighted by molar-refractivity contribution is -0.115. The van der Waals surface area contributed by atoms with Gasteiger partial charge in [-0.2, -0.15) is 0 Å². The second kappa shape index (κ2) is 5.54. The zero-order chi connectivity index (χ0) is 16.0. The molecule has 0 saturated carbocycles. The number of aromatic amines is 1. The highest BCUT2D eigenvalue weighted by atomic mass is 35.5. The Morgan fingerprint density at radius 1 is 1.22 bits per heavy atom. The number of carbonyl (C=O) groups excluding carboxylic acids is 1. The van der Waals surface area contributed by atoms with Gasteiger partial charge in [0, 0.05) is 11.3 Å². The number of carbonyl (C=O) groups is 1. The number of nitrogens with zero attached hydrogens (tertiary/aromatic N) is 2. The van der Waals surface area contributed by atoms with Crippen molar-refractivity contribution in [2.45, 2.75) is 0 Å². The maximum atomic E-state index is 13.5. The van der Waals surface area contributed by atoms with Crippen molar-refractivity contribution in [3.63, 3.8) is 0 Å². The maximum Gasteiger partial charge on any atom is 0.237 e. The molecule has 0 unspecified atom stereocenters. The average molecular weight is 348 g/mol. The lowest BCUT2D eigenvalue weighted by Gasteiger charge is -2.14. The number of halogens is 2. The molecule has 1 aliphatic heterocycles. The first-order valence-electron chi connectivity index (χ1n) is 6.96. The molecule has 2 heterocycles. The zero-order valence-electron chi connectivity index (χ0n) is 11.8. The molecule has 1 amide bonds. The van der Waals surface area contributed by atoms with Crippen LogP contribution in [0.25, 0.3) is 22.4 Å². The van der Waals surface area contributed by atoms with Crippen LogP contribution < -0.4 is 4.90 Å². The Morgan fingerprint density at radius 3 is 2.70 bits per heavy atom. The van der Waals surface area contributed by atoms with E-state index in [-0.39, 0.29) is 10.9 Å². The molecule has 1 aromatic heterocycles. The van der Waals surface area contributed by atoms with Crippen LogP contribution in [0.1, 0.15) is 0 Å². The highest BCUT2D eigenvalue weighted by molar-refractivity contribution is 8.00. The molecule has 0 atom stereocenters. The van der Waals surface area contributed by atoms with Crippen molar-refractivity contribution < 1.29 is 9.18 Å². The molecule has 2 aromatic carbocycles. The van der Waals surface area contributed by atoms with E-state index in [2.05, 4.69) is 9.97 Å². The Kier molecular flexibility index (Phi) is 3.50. The fraction of sp³-hybridized carbons (Fsp3) is 0.125. The van der Waals surface area contributed by atoms with Crippen molar-refractivity contribution in [1.82, 2.24) is 9.97 Å². The van der Waals surface area contributed by atoms with E-state index in [0.29, 0.717) is 28.5 Å². The molecule has 3 aromatic rings. The third-order valence-electron chi connectivity index (χ3n) is 3.75. The van der Waals surface area contributed by atoms with Crippen molar-refractivity contribution in [1.29, 1.82) is 0 Å². The van der Waals surface area contributed by atoms with E-state index in [1.165, 1.54) is 6.07 Å².